The SMILES string of the molecule is COC(=O)C#CC[C@@H]1C=CC[C@@H](CCOC(=O)c2ccccc2)O1. The van der Waals surface area contributed by atoms with Gasteiger partial charge in [0.05, 0.1) is 31.5 Å². The molecule has 0 spiro atoms. The van der Waals surface area contributed by atoms with Crippen LogP contribution in [-0.4, -0.2) is 37.9 Å². The Bertz CT molecular complexity index is 639. The predicted molar refractivity (Wildman–Crippen MR) is 88.2 cm³/mol. The first-order valence-corrected chi connectivity index (χ1v) is 7.80. The molecule has 5 heteroatoms. The Balaban J connectivity index is 1.72. The maximum Gasteiger partial charge on any atom is 0.384 e. The van der Waals surface area contributed by atoms with Crippen molar-refractivity contribution in [1.29, 1.82) is 0 Å². The van der Waals surface area contributed by atoms with E-state index in [0.29, 0.717) is 25.0 Å². The van der Waals surface area contributed by atoms with Gasteiger partial charge in [0.1, 0.15) is 0 Å². The normalized spacial score (nSPS) is 19.0. The lowest BCUT2D eigenvalue weighted by molar-refractivity contribution is -0.133. The van der Waals surface area contributed by atoms with Crippen LogP contribution in [0.4, 0.5) is 0 Å². The van der Waals surface area contributed by atoms with Crippen molar-refractivity contribution in [2.75, 3.05) is 13.7 Å². The molecule has 1 aliphatic heterocycles. The second-order valence-corrected chi connectivity index (χ2v) is 5.25. The van der Waals surface area contributed by atoms with Gasteiger partial charge in [0.15, 0.2) is 0 Å². The highest BCUT2D eigenvalue weighted by atomic mass is 16.5. The molecule has 0 aliphatic carbocycles. The highest BCUT2D eigenvalue weighted by molar-refractivity contribution is 5.89. The third-order valence-electron chi connectivity index (χ3n) is 3.48. The van der Waals surface area contributed by atoms with E-state index in [0.717, 1.165) is 6.42 Å². The minimum Gasteiger partial charge on any atom is -0.462 e. The molecule has 2 atom stereocenters. The van der Waals surface area contributed by atoms with Gasteiger partial charge < -0.3 is 14.2 Å². The van der Waals surface area contributed by atoms with E-state index in [1.807, 2.05) is 18.2 Å². The third-order valence-corrected chi connectivity index (χ3v) is 3.48. The van der Waals surface area contributed by atoms with Crippen molar-refractivity contribution in [3.8, 4) is 11.8 Å². The number of carbonyl (C=O) groups is 2. The summed E-state index contributed by atoms with van der Waals surface area (Å²) in [6.45, 7) is 0.298. The van der Waals surface area contributed by atoms with E-state index >= 15 is 0 Å². The zero-order valence-corrected chi connectivity index (χ0v) is 13.6. The molecule has 0 N–H and O–H groups in total. The van der Waals surface area contributed by atoms with Gasteiger partial charge in [0.25, 0.3) is 0 Å². The Morgan fingerprint density at radius 3 is 2.83 bits per heavy atom. The maximum absolute atomic E-state index is 11.8. The molecule has 24 heavy (non-hydrogen) atoms. The van der Waals surface area contributed by atoms with E-state index in [2.05, 4.69) is 16.6 Å². The minimum absolute atomic E-state index is 0.0245. The number of benzene rings is 1. The summed E-state index contributed by atoms with van der Waals surface area (Å²) >= 11 is 0. The molecule has 1 heterocycles. The first-order valence-electron chi connectivity index (χ1n) is 7.80. The zero-order valence-electron chi connectivity index (χ0n) is 13.6. The summed E-state index contributed by atoms with van der Waals surface area (Å²) in [7, 11) is 1.29. The molecule has 0 fully saturated rings. The van der Waals surface area contributed by atoms with Gasteiger partial charge in [-0.1, -0.05) is 36.3 Å². The molecule has 1 aromatic carbocycles. The summed E-state index contributed by atoms with van der Waals surface area (Å²) in [6.07, 6.45) is 5.57. The molecule has 0 aromatic heterocycles. The monoisotopic (exact) mass is 328 g/mol. The van der Waals surface area contributed by atoms with Gasteiger partial charge in [-0.3, -0.25) is 0 Å². The van der Waals surface area contributed by atoms with Gasteiger partial charge in [0, 0.05) is 18.8 Å². The van der Waals surface area contributed by atoms with E-state index < -0.39 is 5.97 Å². The topological polar surface area (TPSA) is 61.8 Å². The fourth-order valence-electron chi connectivity index (χ4n) is 2.25. The van der Waals surface area contributed by atoms with Crippen molar-refractivity contribution in [2.45, 2.75) is 31.5 Å². The molecule has 2 rings (SSSR count). The van der Waals surface area contributed by atoms with Crippen LogP contribution >= 0.6 is 0 Å². The molecule has 0 saturated carbocycles. The van der Waals surface area contributed by atoms with Crippen molar-refractivity contribution < 1.29 is 23.8 Å². The number of esters is 2. The summed E-state index contributed by atoms with van der Waals surface area (Å²) in [6, 6.07) is 8.88. The fraction of sp³-hybridized carbons (Fsp3) is 0.368. The highest BCUT2D eigenvalue weighted by Gasteiger charge is 2.18. The lowest BCUT2D eigenvalue weighted by Gasteiger charge is -2.24. The standard InChI is InChI=1S/C19H20O5/c1-22-18(20)12-6-11-16-9-5-10-17(24-16)13-14-23-19(21)15-7-3-2-4-8-15/h2-5,7-9,16-17H,10-11,13-14H2,1H3/t16-,17-/m0/s1. The van der Waals surface area contributed by atoms with Crippen LogP contribution in [0.3, 0.4) is 0 Å². The van der Waals surface area contributed by atoms with Crippen molar-refractivity contribution >= 4 is 11.9 Å². The third kappa shape index (κ3) is 5.90. The van der Waals surface area contributed by atoms with Crippen LogP contribution in [0.5, 0.6) is 0 Å². The minimum atomic E-state index is -0.556. The van der Waals surface area contributed by atoms with Crippen LogP contribution in [0.2, 0.25) is 0 Å². The van der Waals surface area contributed by atoms with Crippen LogP contribution in [0.25, 0.3) is 0 Å². The van der Waals surface area contributed by atoms with E-state index in [9.17, 15) is 9.59 Å². The molecule has 0 radical (unpaired) electrons. The molecule has 5 nitrogen and oxygen atoms in total. The Hall–Kier alpha value is -2.58. The van der Waals surface area contributed by atoms with Gasteiger partial charge >= 0.3 is 11.9 Å². The number of hydrogen-bond donors (Lipinski definition) is 0. The van der Waals surface area contributed by atoms with E-state index in [1.165, 1.54) is 7.11 Å². The number of carbonyl (C=O) groups excluding carboxylic acids is 2. The molecule has 126 valence electrons. The van der Waals surface area contributed by atoms with Crippen molar-refractivity contribution in [1.82, 2.24) is 0 Å². The first kappa shape index (κ1) is 17.8. The quantitative estimate of drug-likeness (QED) is 0.360. The van der Waals surface area contributed by atoms with Crippen LogP contribution < -0.4 is 0 Å². The second kappa shape index (κ2) is 9.53. The number of rotatable bonds is 5. The summed E-state index contributed by atoms with van der Waals surface area (Å²) in [5.74, 6) is 4.22. The van der Waals surface area contributed by atoms with Gasteiger partial charge in [-0.15, -0.1) is 0 Å². The van der Waals surface area contributed by atoms with Crippen LogP contribution in [0, 0.1) is 11.8 Å². The maximum atomic E-state index is 11.8. The molecule has 0 bridgehead atoms. The lowest BCUT2D eigenvalue weighted by Crippen LogP contribution is -2.25. The van der Waals surface area contributed by atoms with E-state index in [-0.39, 0.29) is 18.2 Å². The van der Waals surface area contributed by atoms with Crippen LogP contribution in [0.1, 0.15) is 29.6 Å². The van der Waals surface area contributed by atoms with Crippen molar-refractivity contribution in [2.24, 2.45) is 0 Å². The molecule has 0 amide bonds. The predicted octanol–water partition coefficient (Wildman–Crippen LogP) is 2.51. The molecule has 1 aromatic rings. The number of hydrogen-bond acceptors (Lipinski definition) is 5. The smallest absolute Gasteiger partial charge is 0.384 e. The summed E-state index contributed by atoms with van der Waals surface area (Å²) in [4.78, 5) is 22.8. The Labute approximate surface area is 141 Å². The average Bonchev–Trinajstić information content (AvgIpc) is 2.62. The molecular weight excluding hydrogens is 308 g/mol. The Morgan fingerprint density at radius 1 is 1.29 bits per heavy atom. The molecule has 0 unspecified atom stereocenters. The largest absolute Gasteiger partial charge is 0.462 e. The Morgan fingerprint density at radius 2 is 2.08 bits per heavy atom. The number of methoxy groups -OCH3 is 1. The highest BCUT2D eigenvalue weighted by Crippen LogP contribution is 2.17. The van der Waals surface area contributed by atoms with Gasteiger partial charge in [-0.05, 0) is 18.6 Å². The van der Waals surface area contributed by atoms with Gasteiger partial charge in [0.2, 0.25) is 0 Å². The van der Waals surface area contributed by atoms with Crippen LogP contribution in [-0.2, 0) is 19.0 Å². The van der Waals surface area contributed by atoms with Crippen LogP contribution in [0.15, 0.2) is 42.5 Å². The fourth-order valence-corrected chi connectivity index (χ4v) is 2.25. The molecule has 0 saturated heterocycles. The van der Waals surface area contributed by atoms with Gasteiger partial charge in [-0.2, -0.15) is 0 Å². The first-order chi connectivity index (χ1) is 11.7. The van der Waals surface area contributed by atoms with Crippen molar-refractivity contribution in [3.05, 3.63) is 48.0 Å². The lowest BCUT2D eigenvalue weighted by atomic mass is 10.1. The summed E-state index contributed by atoms with van der Waals surface area (Å²) in [5, 5.41) is 0. The van der Waals surface area contributed by atoms with Crippen molar-refractivity contribution in [3.63, 3.8) is 0 Å². The number of ether oxygens (including phenoxy) is 3. The molecular formula is C19H20O5. The average molecular weight is 328 g/mol. The zero-order chi connectivity index (χ0) is 17.2. The second-order valence-electron chi connectivity index (χ2n) is 5.25. The van der Waals surface area contributed by atoms with E-state index in [1.54, 1.807) is 24.3 Å². The van der Waals surface area contributed by atoms with E-state index in [4.69, 9.17) is 9.47 Å². The summed E-state index contributed by atoms with van der Waals surface area (Å²) in [5.41, 5.74) is 0.540. The Kier molecular flexibility index (Phi) is 7.06. The summed E-state index contributed by atoms with van der Waals surface area (Å²) < 4.78 is 15.6. The molecule has 1 aliphatic rings. The van der Waals surface area contributed by atoms with Gasteiger partial charge in [-0.25, -0.2) is 9.59 Å².